The van der Waals surface area contributed by atoms with Gasteiger partial charge in [-0.05, 0) is 36.8 Å². The number of rotatable bonds is 5. The maximum absolute atomic E-state index is 13.0. The third-order valence-corrected chi connectivity index (χ3v) is 3.82. The van der Waals surface area contributed by atoms with Gasteiger partial charge in [0, 0.05) is 11.4 Å². The number of carbonyl (C=O) groups excluding carboxylic acids is 1. The van der Waals surface area contributed by atoms with Crippen LogP contribution in [-0.2, 0) is 10.5 Å². The van der Waals surface area contributed by atoms with Crippen LogP contribution in [0, 0.1) is 18.6 Å². The second-order valence-corrected chi connectivity index (χ2v) is 5.64. The van der Waals surface area contributed by atoms with E-state index in [1.165, 1.54) is 17.8 Å². The summed E-state index contributed by atoms with van der Waals surface area (Å²) in [4.78, 5) is 11.7. The maximum atomic E-state index is 13.0. The van der Waals surface area contributed by atoms with Crippen LogP contribution < -0.4 is 5.32 Å². The smallest absolute Gasteiger partial charge is 0.234 e. The van der Waals surface area contributed by atoms with Crippen molar-refractivity contribution >= 4 is 23.4 Å². The van der Waals surface area contributed by atoms with Crippen molar-refractivity contribution in [1.29, 1.82) is 0 Å². The van der Waals surface area contributed by atoms with Crippen molar-refractivity contribution in [3.05, 3.63) is 65.2 Å². The predicted octanol–water partition coefficient (Wildman–Crippen LogP) is 4.15. The molecular weight excluding hydrogens is 292 g/mol. The minimum absolute atomic E-state index is 0.119. The topological polar surface area (TPSA) is 29.1 Å². The molecule has 0 radical (unpaired) electrons. The second kappa shape index (κ2) is 7.22. The molecule has 2 aromatic carbocycles. The fourth-order valence-electron chi connectivity index (χ4n) is 1.72. The van der Waals surface area contributed by atoms with Crippen molar-refractivity contribution in [1.82, 2.24) is 0 Å². The van der Waals surface area contributed by atoms with E-state index in [4.69, 9.17) is 0 Å². The Hall–Kier alpha value is -1.88. The molecule has 21 heavy (non-hydrogen) atoms. The number of hydrogen-bond acceptors (Lipinski definition) is 2. The average molecular weight is 307 g/mol. The molecule has 0 fully saturated rings. The Balaban J connectivity index is 1.78. The molecule has 2 rings (SSSR count). The first-order valence-corrected chi connectivity index (χ1v) is 7.58. The Bertz CT molecular complexity index is 629. The van der Waals surface area contributed by atoms with Crippen LogP contribution in [0.4, 0.5) is 14.5 Å². The van der Waals surface area contributed by atoms with Crippen molar-refractivity contribution in [2.75, 3.05) is 11.1 Å². The molecule has 0 saturated carbocycles. The summed E-state index contributed by atoms with van der Waals surface area (Å²) in [6.07, 6.45) is 0. The van der Waals surface area contributed by atoms with Crippen LogP contribution >= 0.6 is 11.8 Å². The van der Waals surface area contributed by atoms with E-state index in [-0.39, 0.29) is 11.7 Å². The van der Waals surface area contributed by atoms with Crippen LogP contribution in [-0.4, -0.2) is 11.7 Å². The van der Waals surface area contributed by atoms with Crippen LogP contribution in [0.25, 0.3) is 0 Å². The molecular formula is C16H15F2NOS. The number of amides is 1. The zero-order valence-electron chi connectivity index (χ0n) is 11.5. The molecule has 5 heteroatoms. The number of aryl methyl sites for hydroxylation is 1. The van der Waals surface area contributed by atoms with Gasteiger partial charge < -0.3 is 5.32 Å². The molecule has 0 aliphatic carbocycles. The fourth-order valence-corrected chi connectivity index (χ4v) is 2.50. The Morgan fingerprint density at radius 3 is 2.48 bits per heavy atom. The Labute approximate surface area is 126 Å². The van der Waals surface area contributed by atoms with Gasteiger partial charge in [-0.3, -0.25) is 4.79 Å². The van der Waals surface area contributed by atoms with Crippen LogP contribution in [0.15, 0.2) is 42.5 Å². The molecule has 0 spiro atoms. The molecule has 0 bridgehead atoms. The lowest BCUT2D eigenvalue weighted by Gasteiger charge is -2.06. The van der Waals surface area contributed by atoms with Gasteiger partial charge >= 0.3 is 0 Å². The molecule has 2 aromatic rings. The summed E-state index contributed by atoms with van der Waals surface area (Å²) in [6, 6.07) is 11.3. The van der Waals surface area contributed by atoms with Crippen LogP contribution in [0.1, 0.15) is 11.1 Å². The van der Waals surface area contributed by atoms with Gasteiger partial charge in [0.15, 0.2) is 11.6 Å². The Kier molecular flexibility index (Phi) is 5.33. The lowest BCUT2D eigenvalue weighted by molar-refractivity contribution is -0.113. The molecule has 0 aliphatic heterocycles. The first-order valence-electron chi connectivity index (χ1n) is 6.43. The van der Waals surface area contributed by atoms with Crippen LogP contribution in [0.3, 0.4) is 0 Å². The Morgan fingerprint density at radius 2 is 1.81 bits per heavy atom. The van der Waals surface area contributed by atoms with Crippen LogP contribution in [0.5, 0.6) is 0 Å². The summed E-state index contributed by atoms with van der Waals surface area (Å²) < 4.78 is 25.8. The first-order chi connectivity index (χ1) is 10.0. The number of thioether (sulfide) groups is 1. The van der Waals surface area contributed by atoms with Crippen molar-refractivity contribution < 1.29 is 13.6 Å². The number of nitrogens with one attached hydrogen (secondary N) is 1. The number of hydrogen-bond donors (Lipinski definition) is 1. The summed E-state index contributed by atoms with van der Waals surface area (Å²) in [6.45, 7) is 1.98. The zero-order valence-corrected chi connectivity index (χ0v) is 12.3. The normalized spacial score (nSPS) is 10.4. The highest BCUT2D eigenvalue weighted by atomic mass is 32.2. The minimum atomic E-state index is -0.864. The number of carbonyl (C=O) groups is 1. The van der Waals surface area contributed by atoms with E-state index in [1.54, 1.807) is 0 Å². The fraction of sp³-hybridized carbons (Fsp3) is 0.188. The lowest BCUT2D eigenvalue weighted by atomic mass is 10.2. The van der Waals surface area contributed by atoms with E-state index in [2.05, 4.69) is 5.32 Å². The van der Waals surface area contributed by atoms with Crippen molar-refractivity contribution in [2.24, 2.45) is 0 Å². The number of halogens is 2. The van der Waals surface area contributed by atoms with Gasteiger partial charge in [-0.15, -0.1) is 11.8 Å². The van der Waals surface area contributed by atoms with E-state index in [0.29, 0.717) is 11.3 Å². The minimum Gasteiger partial charge on any atom is -0.325 e. The van der Waals surface area contributed by atoms with Crippen molar-refractivity contribution in [2.45, 2.75) is 12.7 Å². The molecule has 2 nitrogen and oxygen atoms in total. The third-order valence-electron chi connectivity index (χ3n) is 2.82. The van der Waals surface area contributed by atoms with E-state index < -0.39 is 11.6 Å². The summed E-state index contributed by atoms with van der Waals surface area (Å²) >= 11 is 1.35. The predicted molar refractivity (Wildman–Crippen MR) is 82.3 cm³/mol. The molecule has 0 aromatic heterocycles. The molecule has 0 atom stereocenters. The molecule has 0 unspecified atom stereocenters. The van der Waals surface area contributed by atoms with Gasteiger partial charge in [-0.25, -0.2) is 8.78 Å². The maximum Gasteiger partial charge on any atom is 0.234 e. The summed E-state index contributed by atoms with van der Waals surface area (Å²) in [7, 11) is 0. The molecule has 1 N–H and O–H groups in total. The summed E-state index contributed by atoms with van der Waals surface area (Å²) in [5.41, 5.74) is 2.53. The van der Waals surface area contributed by atoms with Crippen molar-refractivity contribution in [3.8, 4) is 0 Å². The van der Waals surface area contributed by atoms with Gasteiger partial charge in [0.25, 0.3) is 0 Å². The quantitative estimate of drug-likeness (QED) is 0.899. The summed E-state index contributed by atoms with van der Waals surface area (Å²) in [5, 5.41) is 2.78. The molecule has 0 saturated heterocycles. The highest BCUT2D eigenvalue weighted by Crippen LogP contribution is 2.16. The van der Waals surface area contributed by atoms with E-state index in [1.807, 2.05) is 31.2 Å². The first kappa shape index (κ1) is 15.5. The highest BCUT2D eigenvalue weighted by molar-refractivity contribution is 7.99. The van der Waals surface area contributed by atoms with E-state index >= 15 is 0 Å². The molecule has 1 amide bonds. The molecule has 0 heterocycles. The largest absolute Gasteiger partial charge is 0.325 e. The zero-order chi connectivity index (χ0) is 15.2. The van der Waals surface area contributed by atoms with Gasteiger partial charge in [-0.1, -0.05) is 23.8 Å². The lowest BCUT2D eigenvalue weighted by Crippen LogP contribution is -2.14. The number of anilines is 1. The average Bonchev–Trinajstić information content (AvgIpc) is 2.45. The highest BCUT2D eigenvalue weighted by Gasteiger charge is 2.05. The van der Waals surface area contributed by atoms with Gasteiger partial charge in [0.2, 0.25) is 5.91 Å². The van der Waals surface area contributed by atoms with E-state index in [0.717, 1.165) is 23.4 Å². The summed E-state index contributed by atoms with van der Waals surface area (Å²) in [5.74, 6) is -1.13. The van der Waals surface area contributed by atoms with Crippen LogP contribution in [0.2, 0.25) is 0 Å². The molecule has 110 valence electrons. The SMILES string of the molecule is Cc1ccc(NC(=O)CSCc2ccc(F)c(F)c2)cc1. The second-order valence-electron chi connectivity index (χ2n) is 4.66. The number of benzene rings is 2. The van der Waals surface area contributed by atoms with E-state index in [9.17, 15) is 13.6 Å². The Morgan fingerprint density at radius 1 is 1.10 bits per heavy atom. The van der Waals surface area contributed by atoms with Gasteiger partial charge in [-0.2, -0.15) is 0 Å². The van der Waals surface area contributed by atoms with Crippen molar-refractivity contribution in [3.63, 3.8) is 0 Å². The van der Waals surface area contributed by atoms with Gasteiger partial charge in [0.1, 0.15) is 0 Å². The monoisotopic (exact) mass is 307 g/mol. The molecule has 0 aliphatic rings. The van der Waals surface area contributed by atoms with Gasteiger partial charge in [0.05, 0.1) is 5.75 Å². The standard InChI is InChI=1S/C16H15F2NOS/c1-11-2-5-13(6-3-11)19-16(20)10-21-9-12-4-7-14(17)15(18)8-12/h2-8H,9-10H2,1H3,(H,19,20). The third kappa shape index (κ3) is 4.86.